The monoisotopic (exact) mass is 297 g/mol. The summed E-state index contributed by atoms with van der Waals surface area (Å²) >= 11 is 0. The van der Waals surface area contributed by atoms with Crippen molar-refractivity contribution in [1.29, 1.82) is 0 Å². The molecule has 1 N–H and O–H groups in total. The molecule has 20 heavy (non-hydrogen) atoms. The van der Waals surface area contributed by atoms with Gasteiger partial charge >= 0.3 is 0 Å². The van der Waals surface area contributed by atoms with Crippen LogP contribution in [0.4, 0.5) is 0 Å². The number of sulfone groups is 1. The molecular weight excluding hydrogens is 274 g/mol. The zero-order valence-electron chi connectivity index (χ0n) is 12.1. The summed E-state index contributed by atoms with van der Waals surface area (Å²) < 4.78 is 28.7. The molecule has 2 unspecified atom stereocenters. The lowest BCUT2D eigenvalue weighted by Crippen LogP contribution is -2.37. The van der Waals surface area contributed by atoms with E-state index in [0.717, 1.165) is 25.1 Å². The number of fused-ring (bicyclic) bond motifs is 1. The Hall–Kier alpha value is -1.07. The molecule has 0 amide bonds. The molecule has 2 rings (SSSR count). The number of ether oxygens (including phenoxy) is 1. The zero-order valence-corrected chi connectivity index (χ0v) is 12.9. The minimum atomic E-state index is -2.97. The topological polar surface area (TPSA) is 55.4 Å². The van der Waals surface area contributed by atoms with Gasteiger partial charge in [-0.15, -0.1) is 0 Å². The molecule has 1 aliphatic rings. The van der Waals surface area contributed by atoms with E-state index in [0.29, 0.717) is 12.5 Å². The molecule has 1 aromatic carbocycles. The Morgan fingerprint density at radius 2 is 2.15 bits per heavy atom. The van der Waals surface area contributed by atoms with Crippen molar-refractivity contribution in [1.82, 2.24) is 5.32 Å². The highest BCUT2D eigenvalue weighted by Gasteiger charge is 2.25. The molecule has 4 nitrogen and oxygen atoms in total. The van der Waals surface area contributed by atoms with Crippen molar-refractivity contribution in [3.05, 3.63) is 29.8 Å². The maximum absolute atomic E-state index is 11.5. The minimum Gasteiger partial charge on any atom is -0.493 e. The Morgan fingerprint density at radius 1 is 1.40 bits per heavy atom. The summed E-state index contributed by atoms with van der Waals surface area (Å²) in [5.74, 6) is 1.50. The summed E-state index contributed by atoms with van der Waals surface area (Å²) in [6.07, 6.45) is 3.08. The van der Waals surface area contributed by atoms with Gasteiger partial charge in [0.1, 0.15) is 15.6 Å². The lowest BCUT2D eigenvalue weighted by Gasteiger charge is -2.29. The molecule has 1 aromatic rings. The third-order valence-electron chi connectivity index (χ3n) is 3.65. The summed E-state index contributed by atoms with van der Waals surface area (Å²) in [5.41, 5.74) is 1.20. The number of benzene rings is 1. The standard InChI is InChI=1S/C15H23NO3S/c1-3-16-13(11-20(2,17)18)10-12-8-9-19-15-7-5-4-6-14(12)15/h4-7,12-13,16H,3,8-11H2,1-2H3. The summed E-state index contributed by atoms with van der Waals surface area (Å²) in [7, 11) is -2.97. The van der Waals surface area contributed by atoms with Crippen LogP contribution in [0.3, 0.4) is 0 Å². The maximum atomic E-state index is 11.5. The normalized spacial score (nSPS) is 20.0. The van der Waals surface area contributed by atoms with Gasteiger partial charge in [-0.05, 0) is 36.9 Å². The second-order valence-electron chi connectivity index (χ2n) is 5.45. The highest BCUT2D eigenvalue weighted by atomic mass is 32.2. The van der Waals surface area contributed by atoms with Crippen molar-refractivity contribution < 1.29 is 13.2 Å². The summed E-state index contributed by atoms with van der Waals surface area (Å²) in [6.45, 7) is 3.50. The summed E-state index contributed by atoms with van der Waals surface area (Å²) in [6, 6.07) is 8.06. The molecule has 2 atom stereocenters. The number of hydrogen-bond acceptors (Lipinski definition) is 4. The molecule has 0 spiro atoms. The summed E-state index contributed by atoms with van der Waals surface area (Å²) in [4.78, 5) is 0. The van der Waals surface area contributed by atoms with Crippen LogP contribution in [0.25, 0.3) is 0 Å². The largest absolute Gasteiger partial charge is 0.493 e. The Bertz CT molecular complexity index is 542. The lowest BCUT2D eigenvalue weighted by molar-refractivity contribution is 0.257. The van der Waals surface area contributed by atoms with E-state index in [1.54, 1.807) is 0 Å². The van der Waals surface area contributed by atoms with Crippen molar-refractivity contribution in [2.24, 2.45) is 0 Å². The first kappa shape index (κ1) is 15.3. The van der Waals surface area contributed by atoms with Crippen LogP contribution >= 0.6 is 0 Å². The van der Waals surface area contributed by atoms with Gasteiger partial charge in [-0.25, -0.2) is 8.42 Å². The number of nitrogens with one attached hydrogen (secondary N) is 1. The molecule has 5 heteroatoms. The van der Waals surface area contributed by atoms with Gasteiger partial charge in [-0.3, -0.25) is 0 Å². The predicted octanol–water partition coefficient (Wildman–Crippen LogP) is 1.97. The van der Waals surface area contributed by atoms with Crippen LogP contribution < -0.4 is 10.1 Å². The zero-order chi connectivity index (χ0) is 14.6. The van der Waals surface area contributed by atoms with Crippen molar-refractivity contribution in [3.63, 3.8) is 0 Å². The second-order valence-corrected chi connectivity index (χ2v) is 7.64. The SMILES string of the molecule is CCNC(CC1CCOc2ccccc21)CS(C)(=O)=O. The smallest absolute Gasteiger partial charge is 0.148 e. The van der Waals surface area contributed by atoms with E-state index in [9.17, 15) is 8.42 Å². The Kier molecular flexibility index (Phi) is 5.05. The van der Waals surface area contributed by atoms with Gasteiger partial charge in [0.05, 0.1) is 12.4 Å². The first-order valence-electron chi connectivity index (χ1n) is 7.12. The second kappa shape index (κ2) is 6.59. The Labute approximate surface area is 121 Å². The van der Waals surface area contributed by atoms with Gasteiger partial charge in [0.2, 0.25) is 0 Å². The lowest BCUT2D eigenvalue weighted by atomic mass is 9.88. The average Bonchev–Trinajstić information content (AvgIpc) is 2.37. The van der Waals surface area contributed by atoms with Crippen LogP contribution in [0.15, 0.2) is 24.3 Å². The van der Waals surface area contributed by atoms with Crippen molar-refractivity contribution in [3.8, 4) is 5.75 Å². The Morgan fingerprint density at radius 3 is 2.85 bits per heavy atom. The van der Waals surface area contributed by atoms with E-state index in [4.69, 9.17) is 4.74 Å². The molecule has 0 aliphatic carbocycles. The van der Waals surface area contributed by atoms with E-state index in [2.05, 4.69) is 11.4 Å². The predicted molar refractivity (Wildman–Crippen MR) is 81.1 cm³/mol. The van der Waals surface area contributed by atoms with Crippen molar-refractivity contribution >= 4 is 9.84 Å². The number of para-hydroxylation sites is 1. The quantitative estimate of drug-likeness (QED) is 0.872. The van der Waals surface area contributed by atoms with Crippen molar-refractivity contribution in [2.45, 2.75) is 31.7 Å². The van der Waals surface area contributed by atoms with E-state index in [1.807, 2.05) is 25.1 Å². The van der Waals surface area contributed by atoms with E-state index in [-0.39, 0.29) is 11.8 Å². The van der Waals surface area contributed by atoms with Crippen LogP contribution in [-0.2, 0) is 9.84 Å². The van der Waals surface area contributed by atoms with E-state index >= 15 is 0 Å². The van der Waals surface area contributed by atoms with Gasteiger partial charge in [-0.1, -0.05) is 25.1 Å². The van der Waals surface area contributed by atoms with Crippen LogP contribution in [0.1, 0.15) is 31.2 Å². The molecule has 0 radical (unpaired) electrons. The molecular formula is C15H23NO3S. The first-order chi connectivity index (χ1) is 9.49. The molecule has 1 aliphatic heterocycles. The van der Waals surface area contributed by atoms with Crippen LogP contribution in [0.5, 0.6) is 5.75 Å². The maximum Gasteiger partial charge on any atom is 0.148 e. The van der Waals surface area contributed by atoms with Gasteiger partial charge < -0.3 is 10.1 Å². The molecule has 0 saturated carbocycles. The molecule has 1 heterocycles. The van der Waals surface area contributed by atoms with Crippen LogP contribution in [0, 0.1) is 0 Å². The fraction of sp³-hybridized carbons (Fsp3) is 0.600. The molecule has 0 aromatic heterocycles. The fourth-order valence-electron chi connectivity index (χ4n) is 2.87. The van der Waals surface area contributed by atoms with Gasteiger partial charge in [0.15, 0.2) is 0 Å². The van der Waals surface area contributed by atoms with Crippen LogP contribution in [0.2, 0.25) is 0 Å². The molecule has 0 saturated heterocycles. The summed E-state index contributed by atoms with van der Waals surface area (Å²) in [5, 5.41) is 3.30. The molecule has 0 bridgehead atoms. The highest BCUT2D eigenvalue weighted by Crippen LogP contribution is 2.36. The first-order valence-corrected chi connectivity index (χ1v) is 9.18. The molecule has 112 valence electrons. The number of rotatable bonds is 6. The average molecular weight is 297 g/mol. The highest BCUT2D eigenvalue weighted by molar-refractivity contribution is 7.90. The van der Waals surface area contributed by atoms with E-state index in [1.165, 1.54) is 11.8 Å². The van der Waals surface area contributed by atoms with Gasteiger partial charge in [-0.2, -0.15) is 0 Å². The molecule has 0 fully saturated rings. The van der Waals surface area contributed by atoms with Gasteiger partial charge in [0.25, 0.3) is 0 Å². The number of hydrogen-bond donors (Lipinski definition) is 1. The van der Waals surface area contributed by atoms with Crippen LogP contribution in [-0.4, -0.2) is 39.6 Å². The third-order valence-corrected chi connectivity index (χ3v) is 4.66. The van der Waals surface area contributed by atoms with Gasteiger partial charge in [0, 0.05) is 12.3 Å². The fourth-order valence-corrected chi connectivity index (χ4v) is 3.85. The van der Waals surface area contributed by atoms with E-state index < -0.39 is 9.84 Å². The third kappa shape index (κ3) is 4.21. The Balaban J connectivity index is 2.11. The van der Waals surface area contributed by atoms with Crippen molar-refractivity contribution in [2.75, 3.05) is 25.2 Å². The minimum absolute atomic E-state index is 0.00570.